The standard InChI is InChI=1S/C7H7ClFN3/c8-5-2-1-4(3-6(5)9)7(10)12-11/h1-3H,11H2,(H2,10,12). The maximum Gasteiger partial charge on any atom is 0.150 e. The fourth-order valence-electron chi connectivity index (χ4n) is 0.730. The molecule has 12 heavy (non-hydrogen) atoms. The molecule has 0 radical (unpaired) electrons. The average molecular weight is 188 g/mol. The molecule has 0 saturated carbocycles. The first kappa shape index (κ1) is 8.80. The minimum absolute atomic E-state index is 0.0450. The number of halogens is 2. The van der Waals surface area contributed by atoms with Crippen molar-refractivity contribution in [2.75, 3.05) is 0 Å². The van der Waals surface area contributed by atoms with Crippen LogP contribution in [-0.4, -0.2) is 5.84 Å². The molecule has 0 aliphatic heterocycles. The predicted molar refractivity (Wildman–Crippen MR) is 46.3 cm³/mol. The van der Waals surface area contributed by atoms with Crippen LogP contribution in [0.3, 0.4) is 0 Å². The van der Waals surface area contributed by atoms with Gasteiger partial charge < -0.3 is 11.6 Å². The maximum absolute atomic E-state index is 12.8. The second-order valence-electron chi connectivity index (χ2n) is 2.14. The van der Waals surface area contributed by atoms with E-state index >= 15 is 0 Å². The van der Waals surface area contributed by atoms with Gasteiger partial charge in [-0.05, 0) is 18.2 Å². The zero-order chi connectivity index (χ0) is 9.14. The molecule has 0 unspecified atom stereocenters. The van der Waals surface area contributed by atoms with E-state index in [0.717, 1.165) is 0 Å². The summed E-state index contributed by atoms with van der Waals surface area (Å²) in [5.41, 5.74) is 5.74. The van der Waals surface area contributed by atoms with Gasteiger partial charge in [0.2, 0.25) is 0 Å². The van der Waals surface area contributed by atoms with E-state index in [1.165, 1.54) is 18.2 Å². The second kappa shape index (κ2) is 3.40. The van der Waals surface area contributed by atoms with Gasteiger partial charge in [-0.15, -0.1) is 0 Å². The largest absolute Gasteiger partial charge is 0.382 e. The van der Waals surface area contributed by atoms with Gasteiger partial charge in [0.05, 0.1) is 5.02 Å². The average Bonchev–Trinajstić information content (AvgIpc) is 2.08. The molecular formula is C7H7ClFN3. The van der Waals surface area contributed by atoms with Crippen LogP contribution in [0.2, 0.25) is 5.02 Å². The Hall–Kier alpha value is -1.29. The molecule has 0 aromatic heterocycles. The van der Waals surface area contributed by atoms with Crippen LogP contribution in [0.4, 0.5) is 4.39 Å². The number of hydrazone groups is 1. The summed E-state index contributed by atoms with van der Waals surface area (Å²) < 4.78 is 12.8. The lowest BCUT2D eigenvalue weighted by atomic mass is 10.2. The number of benzene rings is 1. The van der Waals surface area contributed by atoms with E-state index in [1.807, 2.05) is 0 Å². The molecule has 0 amide bonds. The number of hydrogen-bond acceptors (Lipinski definition) is 2. The lowest BCUT2D eigenvalue weighted by Gasteiger charge is -1.99. The topological polar surface area (TPSA) is 64.4 Å². The molecule has 64 valence electrons. The summed E-state index contributed by atoms with van der Waals surface area (Å²) in [7, 11) is 0. The number of hydrogen-bond donors (Lipinski definition) is 2. The van der Waals surface area contributed by atoms with Crippen LogP contribution in [0, 0.1) is 5.82 Å². The summed E-state index contributed by atoms with van der Waals surface area (Å²) >= 11 is 5.44. The van der Waals surface area contributed by atoms with E-state index < -0.39 is 5.82 Å². The van der Waals surface area contributed by atoms with Crippen LogP contribution in [0.1, 0.15) is 5.56 Å². The molecule has 0 heterocycles. The fraction of sp³-hybridized carbons (Fsp3) is 0. The second-order valence-corrected chi connectivity index (χ2v) is 2.55. The monoisotopic (exact) mass is 187 g/mol. The number of rotatable bonds is 1. The highest BCUT2D eigenvalue weighted by atomic mass is 35.5. The summed E-state index contributed by atoms with van der Waals surface area (Å²) in [5, 5.41) is 3.26. The Balaban J connectivity index is 3.13. The van der Waals surface area contributed by atoms with Crippen molar-refractivity contribution in [3.05, 3.63) is 34.6 Å². The van der Waals surface area contributed by atoms with E-state index in [0.29, 0.717) is 5.56 Å². The van der Waals surface area contributed by atoms with Crippen molar-refractivity contribution in [1.82, 2.24) is 0 Å². The zero-order valence-electron chi connectivity index (χ0n) is 6.09. The summed E-state index contributed by atoms with van der Waals surface area (Å²) in [4.78, 5) is 0. The van der Waals surface area contributed by atoms with Crippen LogP contribution in [0.25, 0.3) is 0 Å². The summed E-state index contributed by atoms with van der Waals surface area (Å²) in [6, 6.07) is 4.11. The Morgan fingerprint density at radius 3 is 2.67 bits per heavy atom. The van der Waals surface area contributed by atoms with Crippen molar-refractivity contribution < 1.29 is 4.39 Å². The molecule has 0 fully saturated rings. The first-order chi connectivity index (χ1) is 5.65. The van der Waals surface area contributed by atoms with Crippen LogP contribution in [-0.2, 0) is 0 Å². The van der Waals surface area contributed by atoms with Gasteiger partial charge in [-0.1, -0.05) is 11.6 Å². The van der Waals surface area contributed by atoms with Gasteiger partial charge in [-0.2, -0.15) is 5.10 Å². The van der Waals surface area contributed by atoms with Gasteiger partial charge in [-0.3, -0.25) is 0 Å². The predicted octanol–water partition coefficient (Wildman–Crippen LogP) is 1.06. The molecule has 0 bridgehead atoms. The smallest absolute Gasteiger partial charge is 0.150 e. The van der Waals surface area contributed by atoms with Crippen molar-refractivity contribution >= 4 is 17.4 Å². The minimum atomic E-state index is -0.541. The van der Waals surface area contributed by atoms with Crippen LogP contribution in [0.5, 0.6) is 0 Å². The Labute approximate surface area is 73.8 Å². The maximum atomic E-state index is 12.8. The van der Waals surface area contributed by atoms with Crippen LogP contribution < -0.4 is 11.6 Å². The first-order valence-corrected chi connectivity index (χ1v) is 3.51. The first-order valence-electron chi connectivity index (χ1n) is 3.14. The lowest BCUT2D eigenvalue weighted by Crippen LogP contribution is -2.15. The molecular weight excluding hydrogens is 181 g/mol. The highest BCUT2D eigenvalue weighted by molar-refractivity contribution is 6.30. The van der Waals surface area contributed by atoms with Gasteiger partial charge >= 0.3 is 0 Å². The third-order valence-corrected chi connectivity index (χ3v) is 1.66. The molecule has 1 rings (SSSR count). The molecule has 3 nitrogen and oxygen atoms in total. The highest BCUT2D eigenvalue weighted by Crippen LogP contribution is 2.14. The van der Waals surface area contributed by atoms with Gasteiger partial charge in [0.25, 0.3) is 0 Å². The third-order valence-electron chi connectivity index (χ3n) is 1.35. The van der Waals surface area contributed by atoms with Crippen molar-refractivity contribution in [1.29, 1.82) is 0 Å². The van der Waals surface area contributed by atoms with Crippen molar-refractivity contribution in [2.24, 2.45) is 16.7 Å². The summed E-state index contributed by atoms with van der Waals surface area (Å²) in [6.07, 6.45) is 0. The number of nitrogens with zero attached hydrogens (tertiary/aromatic N) is 1. The Morgan fingerprint density at radius 1 is 1.50 bits per heavy atom. The lowest BCUT2D eigenvalue weighted by molar-refractivity contribution is 0.628. The van der Waals surface area contributed by atoms with Crippen LogP contribution in [0.15, 0.2) is 23.3 Å². The third kappa shape index (κ3) is 1.65. The zero-order valence-corrected chi connectivity index (χ0v) is 6.85. The van der Waals surface area contributed by atoms with Crippen molar-refractivity contribution in [3.8, 4) is 0 Å². The SMILES string of the molecule is N/N=C(/N)c1ccc(Cl)c(F)c1. The molecule has 0 saturated heterocycles. The summed E-state index contributed by atoms with van der Waals surface area (Å²) in [6.45, 7) is 0. The van der Waals surface area contributed by atoms with E-state index in [2.05, 4.69) is 5.10 Å². The molecule has 1 aromatic rings. The van der Waals surface area contributed by atoms with Gasteiger partial charge in [0.15, 0.2) is 0 Å². The Morgan fingerprint density at radius 2 is 2.17 bits per heavy atom. The fourth-order valence-corrected chi connectivity index (χ4v) is 0.848. The normalized spacial score (nSPS) is 11.7. The minimum Gasteiger partial charge on any atom is -0.382 e. The molecule has 0 atom stereocenters. The molecule has 0 spiro atoms. The van der Waals surface area contributed by atoms with E-state index in [1.54, 1.807) is 0 Å². The Bertz CT molecular complexity index is 324. The van der Waals surface area contributed by atoms with Gasteiger partial charge in [0, 0.05) is 5.56 Å². The molecule has 4 N–H and O–H groups in total. The van der Waals surface area contributed by atoms with Crippen molar-refractivity contribution in [2.45, 2.75) is 0 Å². The van der Waals surface area contributed by atoms with Crippen LogP contribution >= 0.6 is 11.6 Å². The Kier molecular flexibility index (Phi) is 2.50. The van der Waals surface area contributed by atoms with E-state index in [-0.39, 0.29) is 10.9 Å². The van der Waals surface area contributed by atoms with E-state index in [4.69, 9.17) is 23.2 Å². The highest BCUT2D eigenvalue weighted by Gasteiger charge is 2.02. The van der Waals surface area contributed by atoms with Gasteiger partial charge in [0.1, 0.15) is 11.7 Å². The van der Waals surface area contributed by atoms with Crippen molar-refractivity contribution in [3.63, 3.8) is 0 Å². The number of nitrogens with two attached hydrogens (primary N) is 2. The molecule has 0 aliphatic rings. The molecule has 0 aliphatic carbocycles. The quantitative estimate of drug-likeness (QED) is 0.299. The molecule has 5 heteroatoms. The summed E-state index contributed by atoms with van der Waals surface area (Å²) in [5.74, 6) is 4.43. The van der Waals surface area contributed by atoms with E-state index in [9.17, 15) is 4.39 Å². The number of amidine groups is 1. The molecule has 1 aromatic carbocycles. The van der Waals surface area contributed by atoms with Gasteiger partial charge in [-0.25, -0.2) is 4.39 Å².